The number of likely N-dealkylation sites (tertiary alicyclic amines) is 1. The number of ether oxygens (including phenoxy) is 2. The van der Waals surface area contributed by atoms with Gasteiger partial charge in [-0.15, -0.1) is 0 Å². The number of aliphatic hydroxyl groups is 1. The van der Waals surface area contributed by atoms with Crippen LogP contribution >= 0.6 is 0 Å². The average molecular weight is 586 g/mol. The van der Waals surface area contributed by atoms with Crippen molar-refractivity contribution in [1.82, 2.24) is 15.1 Å². The predicted molar refractivity (Wildman–Crippen MR) is 157 cm³/mol. The molecule has 0 aromatic heterocycles. The largest absolute Gasteiger partial charge is 0.462 e. The van der Waals surface area contributed by atoms with Crippen LogP contribution in [-0.4, -0.2) is 90.5 Å². The molecule has 9 unspecified atom stereocenters. The molecule has 2 aliphatic heterocycles. The average Bonchev–Trinajstić information content (AvgIpc) is 3.66. The van der Waals surface area contributed by atoms with Crippen molar-refractivity contribution in [3.05, 3.63) is 11.6 Å². The quantitative estimate of drug-likeness (QED) is 0.456. The van der Waals surface area contributed by atoms with Crippen LogP contribution in [0.25, 0.3) is 0 Å². The van der Waals surface area contributed by atoms with Gasteiger partial charge in [0.05, 0.1) is 5.60 Å². The molecule has 42 heavy (non-hydrogen) atoms. The Kier molecular flexibility index (Phi) is 7.91. The van der Waals surface area contributed by atoms with Crippen LogP contribution in [0.2, 0.25) is 0 Å². The summed E-state index contributed by atoms with van der Waals surface area (Å²) >= 11 is 0. The highest BCUT2D eigenvalue weighted by molar-refractivity contribution is 5.85. The SMILES string of the molecule is CC(=O)OC1CC2(O)C3CCC4CC(N(C)C(=O)NCCN5CCCC5)CCC4(C)C3CCC2(C)C1C1=CC(=O)OC1. The molecule has 6 aliphatic rings. The molecule has 0 radical (unpaired) electrons. The number of urea groups is 1. The van der Waals surface area contributed by atoms with Crippen molar-refractivity contribution in [2.24, 2.45) is 34.5 Å². The highest BCUT2D eigenvalue weighted by Crippen LogP contribution is 2.70. The number of fused-ring (bicyclic) bond motifs is 5. The molecular formula is C33H51N3O6. The number of esters is 2. The number of carbonyl (C=O) groups excluding carboxylic acids is 3. The van der Waals surface area contributed by atoms with E-state index in [0.717, 1.165) is 70.2 Å². The van der Waals surface area contributed by atoms with Gasteiger partial charge < -0.3 is 29.7 Å². The number of carbonyl (C=O) groups is 3. The van der Waals surface area contributed by atoms with Crippen molar-refractivity contribution in [1.29, 1.82) is 0 Å². The van der Waals surface area contributed by atoms with E-state index in [-0.39, 0.29) is 47.9 Å². The van der Waals surface area contributed by atoms with Gasteiger partial charge in [0.2, 0.25) is 0 Å². The third-order valence-corrected chi connectivity index (χ3v) is 13.0. The van der Waals surface area contributed by atoms with Crippen LogP contribution in [0.4, 0.5) is 4.79 Å². The Morgan fingerprint density at radius 3 is 2.60 bits per heavy atom. The Labute approximate surface area is 250 Å². The molecule has 234 valence electrons. The lowest BCUT2D eigenvalue weighted by Gasteiger charge is -2.64. The lowest BCUT2D eigenvalue weighted by atomic mass is 9.43. The standard InChI is InChI=1S/C33H51N3O6/c1-21(37)42-27-19-33(40)26-8-7-23-18-24(35(4)30(39)34-13-16-36-14-5-6-15-36)9-11-31(23,2)25(26)10-12-32(33,3)29(27)22-17-28(38)41-20-22/h17,23-27,29,40H,5-16,18-20H2,1-4H3,(H,34,39). The van der Waals surface area contributed by atoms with Crippen molar-refractivity contribution in [2.75, 3.05) is 39.8 Å². The van der Waals surface area contributed by atoms with E-state index in [9.17, 15) is 19.5 Å². The maximum atomic E-state index is 13.0. The smallest absolute Gasteiger partial charge is 0.331 e. The predicted octanol–water partition coefficient (Wildman–Crippen LogP) is 3.89. The Morgan fingerprint density at radius 1 is 1.14 bits per heavy atom. The molecule has 9 atom stereocenters. The summed E-state index contributed by atoms with van der Waals surface area (Å²) in [5.41, 5.74) is -0.527. The van der Waals surface area contributed by atoms with Crippen LogP contribution in [0.3, 0.4) is 0 Å². The zero-order valence-corrected chi connectivity index (χ0v) is 26.0. The van der Waals surface area contributed by atoms with E-state index < -0.39 is 17.1 Å². The van der Waals surface area contributed by atoms with E-state index in [2.05, 4.69) is 24.1 Å². The number of nitrogens with zero attached hydrogens (tertiary/aromatic N) is 2. The lowest BCUT2D eigenvalue weighted by Crippen LogP contribution is -2.63. The van der Waals surface area contributed by atoms with Gasteiger partial charge in [0.1, 0.15) is 12.7 Å². The molecule has 2 heterocycles. The summed E-state index contributed by atoms with van der Waals surface area (Å²) in [6.07, 6.45) is 10.9. The summed E-state index contributed by atoms with van der Waals surface area (Å²) in [6, 6.07) is 0.274. The van der Waals surface area contributed by atoms with Crippen molar-refractivity contribution in [2.45, 2.75) is 103 Å². The molecule has 2 amide bonds. The third kappa shape index (κ3) is 4.86. The van der Waals surface area contributed by atoms with Gasteiger partial charge in [-0.25, -0.2) is 9.59 Å². The van der Waals surface area contributed by atoms with Crippen molar-refractivity contribution in [3.63, 3.8) is 0 Å². The van der Waals surface area contributed by atoms with Crippen molar-refractivity contribution in [3.8, 4) is 0 Å². The minimum Gasteiger partial charge on any atom is -0.462 e. The minimum atomic E-state index is -0.982. The summed E-state index contributed by atoms with van der Waals surface area (Å²) in [5, 5.41) is 15.9. The van der Waals surface area contributed by atoms with Crippen LogP contribution in [0.15, 0.2) is 11.6 Å². The highest BCUT2D eigenvalue weighted by Gasteiger charge is 2.71. The van der Waals surface area contributed by atoms with Crippen LogP contribution in [-0.2, 0) is 19.1 Å². The Hall–Kier alpha value is -2.13. The zero-order chi connectivity index (χ0) is 29.9. The molecule has 4 saturated carbocycles. The first kappa shape index (κ1) is 29.9. The molecule has 2 N–H and O–H groups in total. The number of amides is 2. The normalized spacial score (nSPS) is 43.1. The zero-order valence-electron chi connectivity index (χ0n) is 26.0. The van der Waals surface area contributed by atoms with Gasteiger partial charge in [-0.05, 0) is 99.6 Å². The Balaban J connectivity index is 1.15. The first-order chi connectivity index (χ1) is 20.0. The maximum absolute atomic E-state index is 13.0. The van der Waals surface area contributed by atoms with Crippen LogP contribution in [0.1, 0.15) is 85.0 Å². The minimum absolute atomic E-state index is 0.0384. The van der Waals surface area contributed by atoms with E-state index in [1.807, 2.05) is 11.9 Å². The van der Waals surface area contributed by atoms with Gasteiger partial charge in [-0.1, -0.05) is 13.8 Å². The Morgan fingerprint density at radius 2 is 1.90 bits per heavy atom. The van der Waals surface area contributed by atoms with Crippen molar-refractivity contribution >= 4 is 18.0 Å². The number of hydrogen-bond acceptors (Lipinski definition) is 7. The highest BCUT2D eigenvalue weighted by atomic mass is 16.5. The van der Waals surface area contributed by atoms with E-state index in [4.69, 9.17) is 9.47 Å². The first-order valence-electron chi connectivity index (χ1n) is 16.5. The second-order valence-electron chi connectivity index (χ2n) is 14.8. The van der Waals surface area contributed by atoms with Gasteiger partial charge in [-0.2, -0.15) is 0 Å². The monoisotopic (exact) mass is 585 g/mol. The first-order valence-corrected chi connectivity index (χ1v) is 16.5. The van der Waals surface area contributed by atoms with Crippen LogP contribution < -0.4 is 5.32 Å². The summed E-state index contributed by atoms with van der Waals surface area (Å²) in [4.78, 5) is 41.6. The molecule has 0 aromatic carbocycles. The van der Waals surface area contributed by atoms with Gasteiger partial charge in [0.15, 0.2) is 0 Å². The van der Waals surface area contributed by atoms with E-state index in [0.29, 0.717) is 24.8 Å². The fraction of sp³-hybridized carbons (Fsp3) is 0.848. The fourth-order valence-corrected chi connectivity index (χ4v) is 10.7. The topological polar surface area (TPSA) is 108 Å². The van der Waals surface area contributed by atoms with E-state index >= 15 is 0 Å². The Bertz CT molecular complexity index is 1120. The molecule has 5 fully saturated rings. The van der Waals surface area contributed by atoms with Crippen LogP contribution in [0, 0.1) is 34.5 Å². The molecule has 1 saturated heterocycles. The molecule has 9 nitrogen and oxygen atoms in total. The maximum Gasteiger partial charge on any atom is 0.331 e. The van der Waals surface area contributed by atoms with E-state index in [1.165, 1.54) is 19.8 Å². The molecule has 0 spiro atoms. The number of rotatable bonds is 6. The summed E-state index contributed by atoms with van der Waals surface area (Å²) < 4.78 is 11.2. The summed E-state index contributed by atoms with van der Waals surface area (Å²) in [6.45, 7) is 10.1. The molecular weight excluding hydrogens is 534 g/mol. The summed E-state index contributed by atoms with van der Waals surface area (Å²) in [5.74, 6) is 0.0724. The third-order valence-electron chi connectivity index (χ3n) is 13.0. The second-order valence-corrected chi connectivity index (χ2v) is 14.8. The second kappa shape index (κ2) is 11.1. The number of nitrogens with one attached hydrogen (secondary N) is 1. The molecule has 0 bridgehead atoms. The van der Waals surface area contributed by atoms with Crippen LogP contribution in [0.5, 0.6) is 0 Å². The molecule has 9 heteroatoms. The fourth-order valence-electron chi connectivity index (χ4n) is 10.7. The molecule has 6 rings (SSSR count). The van der Waals surface area contributed by atoms with Gasteiger partial charge >= 0.3 is 18.0 Å². The van der Waals surface area contributed by atoms with Gasteiger partial charge in [-0.3, -0.25) is 4.79 Å². The van der Waals surface area contributed by atoms with E-state index in [1.54, 1.807) is 6.08 Å². The number of hydrogen-bond donors (Lipinski definition) is 2. The molecule has 0 aromatic rings. The van der Waals surface area contributed by atoms with Crippen molar-refractivity contribution < 1.29 is 29.0 Å². The van der Waals surface area contributed by atoms with Gasteiger partial charge in [0, 0.05) is 56.9 Å². The number of cyclic esters (lactones) is 1. The van der Waals surface area contributed by atoms with Gasteiger partial charge in [0.25, 0.3) is 0 Å². The molecule has 4 aliphatic carbocycles. The summed E-state index contributed by atoms with van der Waals surface area (Å²) in [7, 11) is 1.96. The lowest BCUT2D eigenvalue weighted by molar-refractivity contribution is -0.206.